The third kappa shape index (κ3) is 3.17. The molecule has 0 atom stereocenters. The number of rotatable bonds is 6. The Labute approximate surface area is 133 Å². The highest BCUT2D eigenvalue weighted by Crippen LogP contribution is 2.35. The van der Waals surface area contributed by atoms with Crippen LogP contribution in [0, 0.1) is 5.41 Å². The monoisotopic (exact) mass is 328 g/mol. The van der Waals surface area contributed by atoms with Crippen molar-refractivity contribution in [3.05, 3.63) is 0 Å². The van der Waals surface area contributed by atoms with Crippen LogP contribution in [0.25, 0.3) is 0 Å². The summed E-state index contributed by atoms with van der Waals surface area (Å²) in [6.45, 7) is 2.01. The molecule has 1 heterocycles. The van der Waals surface area contributed by atoms with Gasteiger partial charge in [-0.15, -0.1) is 0 Å². The molecule has 1 rings (SSSR count). The van der Waals surface area contributed by atoms with E-state index < -0.39 is 48.3 Å². The van der Waals surface area contributed by atoms with Crippen LogP contribution < -0.4 is 0 Å². The molecule has 23 heavy (non-hydrogen) atoms. The molecule has 0 aromatic rings. The molecule has 1 aliphatic heterocycles. The normalized spacial score (nSPS) is 17.3. The number of carbonyl (C=O) groups excluding carboxylic acids is 5. The highest BCUT2D eigenvalue weighted by molar-refractivity contribution is 6.20. The van der Waals surface area contributed by atoms with Gasteiger partial charge in [0.15, 0.2) is 0 Å². The lowest BCUT2D eigenvalue weighted by Crippen LogP contribution is -2.66. The van der Waals surface area contributed by atoms with Gasteiger partial charge in [-0.1, -0.05) is 13.8 Å². The van der Waals surface area contributed by atoms with Gasteiger partial charge in [-0.25, -0.2) is 4.79 Å². The lowest BCUT2D eigenvalue weighted by Gasteiger charge is -2.42. The third-order valence-electron chi connectivity index (χ3n) is 4.01. The van der Waals surface area contributed by atoms with Crippen molar-refractivity contribution in [2.45, 2.75) is 26.7 Å². The summed E-state index contributed by atoms with van der Waals surface area (Å²) in [5, 5.41) is 0. The Hall–Kier alpha value is -2.45. The van der Waals surface area contributed by atoms with Gasteiger partial charge < -0.3 is 9.47 Å². The molecule has 9 nitrogen and oxygen atoms in total. The zero-order valence-electron chi connectivity index (χ0n) is 13.6. The largest absolute Gasteiger partial charge is 0.468 e. The van der Waals surface area contributed by atoms with E-state index in [1.165, 1.54) is 0 Å². The van der Waals surface area contributed by atoms with Crippen LogP contribution in [0.5, 0.6) is 0 Å². The minimum Gasteiger partial charge on any atom is -0.468 e. The van der Waals surface area contributed by atoms with Crippen LogP contribution in [-0.2, 0) is 28.7 Å². The van der Waals surface area contributed by atoms with Crippen molar-refractivity contribution in [1.29, 1.82) is 0 Å². The van der Waals surface area contributed by atoms with E-state index in [-0.39, 0.29) is 12.8 Å². The summed E-state index contributed by atoms with van der Waals surface area (Å²) < 4.78 is 8.94. The average molecular weight is 328 g/mol. The summed E-state index contributed by atoms with van der Waals surface area (Å²) >= 11 is 0. The van der Waals surface area contributed by atoms with Crippen LogP contribution in [0.2, 0.25) is 0 Å². The van der Waals surface area contributed by atoms with Crippen molar-refractivity contribution in [3.63, 3.8) is 0 Å². The first-order chi connectivity index (χ1) is 10.8. The van der Waals surface area contributed by atoms with Crippen LogP contribution in [-0.4, -0.2) is 66.9 Å². The van der Waals surface area contributed by atoms with Gasteiger partial charge in [0.05, 0.1) is 14.2 Å². The topological polar surface area (TPSA) is 110 Å². The molecule has 1 saturated heterocycles. The number of amides is 4. The molecule has 0 N–H and O–H groups in total. The maximum atomic E-state index is 12.6. The maximum Gasteiger partial charge on any atom is 0.334 e. The van der Waals surface area contributed by atoms with Crippen molar-refractivity contribution in [2.75, 3.05) is 27.3 Å². The number of imide groups is 2. The van der Waals surface area contributed by atoms with Gasteiger partial charge in [0, 0.05) is 0 Å². The second-order valence-corrected chi connectivity index (χ2v) is 5.01. The van der Waals surface area contributed by atoms with E-state index in [2.05, 4.69) is 9.47 Å². The Kier molecular flexibility index (Phi) is 5.83. The van der Waals surface area contributed by atoms with Crippen LogP contribution in [0.15, 0.2) is 0 Å². The first kappa shape index (κ1) is 18.6. The number of ether oxygens (including phenoxy) is 2. The molecule has 0 radical (unpaired) electrons. The van der Waals surface area contributed by atoms with Gasteiger partial charge in [0.25, 0.3) is 0 Å². The molecule has 0 aromatic heterocycles. The van der Waals surface area contributed by atoms with Gasteiger partial charge in [0.1, 0.15) is 18.5 Å². The van der Waals surface area contributed by atoms with E-state index in [9.17, 15) is 24.0 Å². The second kappa shape index (κ2) is 7.21. The molecule has 0 aromatic carbocycles. The van der Waals surface area contributed by atoms with E-state index >= 15 is 0 Å². The van der Waals surface area contributed by atoms with Crippen LogP contribution in [0.3, 0.4) is 0 Å². The Morgan fingerprint density at radius 2 is 1.22 bits per heavy atom. The minimum atomic E-state index is -1.49. The molecule has 0 bridgehead atoms. The van der Waals surface area contributed by atoms with Crippen LogP contribution >= 0.6 is 0 Å². The molecule has 0 saturated carbocycles. The zero-order chi connectivity index (χ0) is 17.8. The summed E-state index contributed by atoms with van der Waals surface area (Å²) in [4.78, 5) is 61.8. The quantitative estimate of drug-likeness (QED) is 0.496. The molecule has 0 unspecified atom stereocenters. The Bertz CT molecular complexity index is 497. The number of methoxy groups -OCH3 is 2. The predicted molar refractivity (Wildman–Crippen MR) is 75.9 cm³/mol. The zero-order valence-corrected chi connectivity index (χ0v) is 13.6. The van der Waals surface area contributed by atoms with Crippen molar-refractivity contribution >= 4 is 29.8 Å². The smallest absolute Gasteiger partial charge is 0.334 e. The van der Waals surface area contributed by atoms with Gasteiger partial charge in [-0.3, -0.25) is 29.0 Å². The predicted octanol–water partition coefficient (Wildman–Crippen LogP) is -0.0704. The van der Waals surface area contributed by atoms with Crippen LogP contribution in [0.4, 0.5) is 4.79 Å². The third-order valence-corrected chi connectivity index (χ3v) is 4.01. The lowest BCUT2D eigenvalue weighted by molar-refractivity contribution is -0.165. The second-order valence-electron chi connectivity index (χ2n) is 5.01. The highest BCUT2D eigenvalue weighted by Gasteiger charge is 2.56. The molecule has 1 aliphatic rings. The Morgan fingerprint density at radius 3 is 1.48 bits per heavy atom. The minimum absolute atomic E-state index is 0.129. The van der Waals surface area contributed by atoms with E-state index in [0.29, 0.717) is 9.80 Å². The maximum absolute atomic E-state index is 12.6. The summed E-state index contributed by atoms with van der Waals surface area (Å²) in [7, 11) is 2.23. The van der Waals surface area contributed by atoms with Gasteiger partial charge in [0.2, 0.25) is 11.8 Å². The molecule has 9 heteroatoms. The molecule has 1 fully saturated rings. The van der Waals surface area contributed by atoms with Crippen LogP contribution in [0.1, 0.15) is 26.7 Å². The van der Waals surface area contributed by atoms with Gasteiger partial charge in [-0.2, -0.15) is 0 Å². The molecule has 0 spiro atoms. The first-order valence-electron chi connectivity index (χ1n) is 7.10. The number of urea groups is 1. The Balaban J connectivity index is 3.29. The molecular formula is C14H20N2O7. The summed E-state index contributed by atoms with van der Waals surface area (Å²) in [5.41, 5.74) is -1.49. The van der Waals surface area contributed by atoms with Crippen molar-refractivity contribution in [3.8, 4) is 0 Å². The van der Waals surface area contributed by atoms with Crippen molar-refractivity contribution in [1.82, 2.24) is 9.80 Å². The number of carbonyl (C=O) groups is 5. The average Bonchev–Trinajstić information content (AvgIpc) is 2.56. The van der Waals surface area contributed by atoms with Gasteiger partial charge in [-0.05, 0) is 12.8 Å². The van der Waals surface area contributed by atoms with Crippen molar-refractivity contribution < 1.29 is 33.4 Å². The first-order valence-corrected chi connectivity index (χ1v) is 7.10. The van der Waals surface area contributed by atoms with E-state index in [4.69, 9.17) is 0 Å². The summed E-state index contributed by atoms with van der Waals surface area (Å²) in [5.74, 6) is -3.13. The lowest BCUT2D eigenvalue weighted by atomic mass is 9.78. The summed E-state index contributed by atoms with van der Waals surface area (Å²) in [6.07, 6.45) is 0.258. The molecule has 4 amide bonds. The highest BCUT2D eigenvalue weighted by atomic mass is 16.5. The number of esters is 2. The summed E-state index contributed by atoms with van der Waals surface area (Å²) in [6, 6.07) is -1.03. The van der Waals surface area contributed by atoms with E-state index in [1.807, 2.05) is 0 Å². The molecule has 0 aliphatic carbocycles. The van der Waals surface area contributed by atoms with Crippen molar-refractivity contribution in [2.24, 2.45) is 5.41 Å². The number of hydrogen-bond acceptors (Lipinski definition) is 7. The SMILES string of the molecule is CCC1(CC)C(=O)N(CC(=O)OC)C(=O)N(CC(=O)OC)C1=O. The number of hydrogen-bond donors (Lipinski definition) is 0. The van der Waals surface area contributed by atoms with Gasteiger partial charge >= 0.3 is 18.0 Å². The fourth-order valence-corrected chi connectivity index (χ4v) is 2.45. The number of barbiturate groups is 1. The Morgan fingerprint density at radius 1 is 0.870 bits per heavy atom. The number of nitrogens with zero attached hydrogens (tertiary/aromatic N) is 2. The van der Waals surface area contributed by atoms with E-state index in [0.717, 1.165) is 14.2 Å². The fourth-order valence-electron chi connectivity index (χ4n) is 2.45. The van der Waals surface area contributed by atoms with E-state index in [1.54, 1.807) is 13.8 Å². The fraction of sp³-hybridized carbons (Fsp3) is 0.643. The standard InChI is InChI=1S/C14H20N2O7/c1-5-14(6-2)11(19)15(7-9(17)22-3)13(21)16(12(14)20)8-10(18)23-4/h5-8H2,1-4H3. The molecular weight excluding hydrogens is 308 g/mol. The molecule has 128 valence electrons.